The molecule has 0 fully saturated rings. The summed E-state index contributed by atoms with van der Waals surface area (Å²) in [5.41, 5.74) is 3.38. The summed E-state index contributed by atoms with van der Waals surface area (Å²) in [6.07, 6.45) is 4.86. The minimum atomic E-state index is -0.615. The molecule has 0 unspecified atom stereocenters. The maximum absolute atomic E-state index is 14.0. The molecule has 0 amide bonds. The van der Waals surface area contributed by atoms with Gasteiger partial charge in [-0.2, -0.15) is 5.10 Å². The van der Waals surface area contributed by atoms with E-state index in [4.69, 9.17) is 0 Å². The second kappa shape index (κ2) is 7.11. The van der Waals surface area contributed by atoms with Gasteiger partial charge in [0.25, 0.3) is 0 Å². The molecule has 0 radical (unpaired) electrons. The number of aromatic nitrogens is 6. The third kappa shape index (κ3) is 3.20. The van der Waals surface area contributed by atoms with Crippen molar-refractivity contribution in [3.8, 4) is 11.3 Å². The molecule has 2 aromatic carbocycles. The van der Waals surface area contributed by atoms with Gasteiger partial charge < -0.3 is 5.32 Å². The Labute approximate surface area is 169 Å². The van der Waals surface area contributed by atoms with Gasteiger partial charge in [0.1, 0.15) is 18.0 Å². The Morgan fingerprint density at radius 3 is 2.77 bits per heavy atom. The number of halogens is 2. The van der Waals surface area contributed by atoms with E-state index < -0.39 is 17.7 Å². The fraction of sp³-hybridized carbons (Fsp3) is 0.0952. The van der Waals surface area contributed by atoms with Crippen LogP contribution >= 0.6 is 0 Å². The summed E-state index contributed by atoms with van der Waals surface area (Å²) in [4.78, 5) is 17.4. The van der Waals surface area contributed by atoms with E-state index >= 15 is 0 Å². The van der Waals surface area contributed by atoms with E-state index in [1.165, 1.54) is 18.5 Å². The quantitative estimate of drug-likeness (QED) is 0.462. The van der Waals surface area contributed by atoms with E-state index in [-0.39, 0.29) is 0 Å². The van der Waals surface area contributed by atoms with Gasteiger partial charge in [0.15, 0.2) is 5.65 Å². The first-order chi connectivity index (χ1) is 14.6. The van der Waals surface area contributed by atoms with Gasteiger partial charge in [0.2, 0.25) is 5.95 Å². The van der Waals surface area contributed by atoms with Crippen LogP contribution in [0.15, 0.2) is 55.1 Å². The molecule has 148 valence electrons. The van der Waals surface area contributed by atoms with Crippen molar-refractivity contribution in [3.05, 3.63) is 72.3 Å². The lowest BCUT2D eigenvalue weighted by Crippen LogP contribution is -2.11. The van der Waals surface area contributed by atoms with Crippen molar-refractivity contribution in [2.75, 3.05) is 5.32 Å². The molecule has 0 aliphatic heterocycles. The van der Waals surface area contributed by atoms with Gasteiger partial charge in [-0.05, 0) is 25.1 Å². The number of hydrogen-bond donors (Lipinski definition) is 2. The van der Waals surface area contributed by atoms with Crippen LogP contribution in [0, 0.1) is 11.6 Å². The summed E-state index contributed by atoms with van der Waals surface area (Å²) in [7, 11) is 0. The third-order valence-corrected chi connectivity index (χ3v) is 4.88. The Kier molecular flexibility index (Phi) is 4.27. The highest BCUT2D eigenvalue weighted by atomic mass is 19.1. The van der Waals surface area contributed by atoms with Gasteiger partial charge in [-0.1, -0.05) is 12.1 Å². The second-order valence-electron chi connectivity index (χ2n) is 6.85. The number of benzene rings is 2. The lowest BCUT2D eigenvalue weighted by molar-refractivity contribution is 0.566. The van der Waals surface area contributed by atoms with Gasteiger partial charge in [0.05, 0.1) is 28.8 Å². The zero-order valence-electron chi connectivity index (χ0n) is 15.8. The van der Waals surface area contributed by atoms with Gasteiger partial charge in [-0.3, -0.25) is 5.10 Å². The SMILES string of the molecule is C[C@@H](Nc1ncc2cc(-c3ncnc4[nH]ncc34)ccc2n1)c1ccc(F)cc1F. The average molecular weight is 403 g/mol. The van der Waals surface area contributed by atoms with E-state index in [0.717, 1.165) is 33.6 Å². The highest BCUT2D eigenvalue weighted by Gasteiger charge is 2.14. The number of anilines is 1. The lowest BCUT2D eigenvalue weighted by atomic mass is 10.1. The van der Waals surface area contributed by atoms with Gasteiger partial charge >= 0.3 is 0 Å². The van der Waals surface area contributed by atoms with Crippen LogP contribution < -0.4 is 5.32 Å². The van der Waals surface area contributed by atoms with Crippen LogP contribution in [-0.4, -0.2) is 30.1 Å². The lowest BCUT2D eigenvalue weighted by Gasteiger charge is -2.15. The maximum Gasteiger partial charge on any atom is 0.223 e. The number of nitrogens with zero attached hydrogens (tertiary/aromatic N) is 5. The predicted molar refractivity (Wildman–Crippen MR) is 109 cm³/mol. The molecule has 2 N–H and O–H groups in total. The van der Waals surface area contributed by atoms with Crippen molar-refractivity contribution in [3.63, 3.8) is 0 Å². The van der Waals surface area contributed by atoms with Crippen LogP contribution in [0.4, 0.5) is 14.7 Å². The third-order valence-electron chi connectivity index (χ3n) is 4.88. The molecule has 0 saturated carbocycles. The molecule has 1 atom stereocenters. The largest absolute Gasteiger partial charge is 0.348 e. The molecular formula is C21H15F2N7. The monoisotopic (exact) mass is 403 g/mol. The Balaban J connectivity index is 1.45. The first kappa shape index (κ1) is 18.0. The maximum atomic E-state index is 14.0. The number of nitrogens with one attached hydrogen (secondary N) is 2. The van der Waals surface area contributed by atoms with E-state index in [0.29, 0.717) is 17.2 Å². The number of rotatable bonds is 4. The normalized spacial score (nSPS) is 12.4. The highest BCUT2D eigenvalue weighted by molar-refractivity contribution is 5.93. The molecule has 0 spiro atoms. The van der Waals surface area contributed by atoms with E-state index in [1.54, 1.807) is 19.3 Å². The molecule has 0 saturated heterocycles. The summed E-state index contributed by atoms with van der Waals surface area (Å²) in [6.45, 7) is 1.76. The van der Waals surface area contributed by atoms with Gasteiger partial charge in [-0.15, -0.1) is 0 Å². The number of hydrogen-bond acceptors (Lipinski definition) is 6. The second-order valence-corrected chi connectivity index (χ2v) is 6.85. The number of fused-ring (bicyclic) bond motifs is 2. The summed E-state index contributed by atoms with van der Waals surface area (Å²) in [5.74, 6) is -0.876. The standard InChI is InChI=1S/C21H15F2N7/c1-11(15-4-3-14(22)7-17(15)23)28-21-24-8-13-6-12(2-5-18(13)29-21)19-16-9-27-30-20(16)26-10-25-19/h2-11H,1H3,(H,24,28,29)(H,25,26,27,30)/t11-/m1/s1. The van der Waals surface area contributed by atoms with E-state index in [1.807, 2.05) is 18.2 Å². The molecule has 3 aromatic heterocycles. The number of H-pyrrole nitrogens is 1. The van der Waals surface area contributed by atoms with E-state index in [9.17, 15) is 8.78 Å². The van der Waals surface area contributed by atoms with E-state index in [2.05, 4.69) is 35.5 Å². The van der Waals surface area contributed by atoms with Crippen molar-refractivity contribution in [1.29, 1.82) is 0 Å². The molecule has 3 heterocycles. The fourth-order valence-corrected chi connectivity index (χ4v) is 3.37. The summed E-state index contributed by atoms with van der Waals surface area (Å²) >= 11 is 0. The van der Waals surface area contributed by atoms with Crippen molar-refractivity contribution < 1.29 is 8.78 Å². The molecule has 0 bridgehead atoms. The predicted octanol–water partition coefficient (Wildman–Crippen LogP) is 4.41. The van der Waals surface area contributed by atoms with Crippen molar-refractivity contribution in [2.24, 2.45) is 0 Å². The number of aromatic amines is 1. The molecule has 5 aromatic rings. The summed E-state index contributed by atoms with van der Waals surface area (Å²) in [6, 6.07) is 8.79. The summed E-state index contributed by atoms with van der Waals surface area (Å²) in [5, 5.41) is 11.6. The first-order valence-electron chi connectivity index (χ1n) is 9.21. The molecule has 5 rings (SSSR count). The van der Waals surface area contributed by atoms with Crippen LogP contribution in [0.3, 0.4) is 0 Å². The first-order valence-corrected chi connectivity index (χ1v) is 9.21. The van der Waals surface area contributed by atoms with Crippen LogP contribution in [0.5, 0.6) is 0 Å². The van der Waals surface area contributed by atoms with Gasteiger partial charge in [-0.25, -0.2) is 28.7 Å². The van der Waals surface area contributed by atoms with Crippen molar-refractivity contribution in [1.82, 2.24) is 30.1 Å². The van der Waals surface area contributed by atoms with Gasteiger partial charge in [0, 0.05) is 28.8 Å². The fourth-order valence-electron chi connectivity index (χ4n) is 3.37. The molecule has 0 aliphatic rings. The topological polar surface area (TPSA) is 92.3 Å². The molecular weight excluding hydrogens is 388 g/mol. The molecule has 9 heteroatoms. The Morgan fingerprint density at radius 1 is 1.00 bits per heavy atom. The molecule has 0 aliphatic carbocycles. The van der Waals surface area contributed by atoms with Crippen LogP contribution in [0.2, 0.25) is 0 Å². The van der Waals surface area contributed by atoms with Crippen molar-refractivity contribution >= 4 is 27.9 Å². The van der Waals surface area contributed by atoms with Crippen LogP contribution in [0.1, 0.15) is 18.5 Å². The average Bonchev–Trinajstić information content (AvgIpc) is 3.22. The smallest absolute Gasteiger partial charge is 0.223 e. The minimum Gasteiger partial charge on any atom is -0.348 e. The van der Waals surface area contributed by atoms with Crippen LogP contribution in [0.25, 0.3) is 33.2 Å². The minimum absolute atomic E-state index is 0.336. The Hall–Kier alpha value is -4.01. The Morgan fingerprint density at radius 2 is 1.90 bits per heavy atom. The Bertz CT molecular complexity index is 1380. The zero-order chi connectivity index (χ0) is 20.7. The molecule has 7 nitrogen and oxygen atoms in total. The highest BCUT2D eigenvalue weighted by Crippen LogP contribution is 2.27. The molecule has 30 heavy (non-hydrogen) atoms. The zero-order valence-corrected chi connectivity index (χ0v) is 15.8. The van der Waals surface area contributed by atoms with Crippen LogP contribution in [-0.2, 0) is 0 Å². The summed E-state index contributed by atoms with van der Waals surface area (Å²) < 4.78 is 27.1. The van der Waals surface area contributed by atoms with Crippen molar-refractivity contribution in [2.45, 2.75) is 13.0 Å².